The largest absolute Gasteiger partial charge is 0.472 e. The van der Waals surface area contributed by atoms with Crippen LogP contribution < -0.4 is 5.73 Å². The molecule has 10 heteroatoms. The van der Waals surface area contributed by atoms with Gasteiger partial charge in [0, 0.05) is 19.4 Å². The van der Waals surface area contributed by atoms with Crippen molar-refractivity contribution in [2.75, 3.05) is 26.4 Å². The van der Waals surface area contributed by atoms with E-state index in [-0.39, 0.29) is 38.6 Å². The molecule has 0 aliphatic heterocycles. The first-order valence-electron chi connectivity index (χ1n) is 22.7. The maximum atomic E-state index is 12.6. The van der Waals surface area contributed by atoms with Gasteiger partial charge in [-0.25, -0.2) is 4.57 Å². The summed E-state index contributed by atoms with van der Waals surface area (Å²) in [5.74, 6) is -0.836. The molecule has 0 fully saturated rings. The molecule has 0 aromatic carbocycles. The van der Waals surface area contributed by atoms with Gasteiger partial charge in [0.25, 0.3) is 0 Å². The fraction of sp³-hybridized carbons (Fsp3) is 0.909. The summed E-state index contributed by atoms with van der Waals surface area (Å²) in [6.07, 6.45) is 42.5. The molecule has 0 aliphatic rings. The van der Waals surface area contributed by atoms with Gasteiger partial charge in [-0.15, -0.1) is 0 Å². The monoisotopic (exact) mass is 788 g/mol. The summed E-state index contributed by atoms with van der Waals surface area (Å²) in [4.78, 5) is 34.9. The van der Waals surface area contributed by atoms with Crippen LogP contribution in [0.25, 0.3) is 0 Å². The Bertz CT molecular complexity index is 902. The minimum Gasteiger partial charge on any atom is -0.462 e. The second-order valence-electron chi connectivity index (χ2n) is 15.3. The number of carbonyl (C=O) groups is 2. The van der Waals surface area contributed by atoms with Crippen LogP contribution in [-0.4, -0.2) is 49.3 Å². The Balaban J connectivity index is 4.06. The number of carbonyl (C=O) groups excluding carboxylic acids is 2. The summed E-state index contributed by atoms with van der Waals surface area (Å²) in [6, 6.07) is 0. The van der Waals surface area contributed by atoms with Gasteiger partial charge in [-0.05, 0) is 38.5 Å². The highest BCUT2D eigenvalue weighted by atomic mass is 31.2. The average molecular weight is 788 g/mol. The molecule has 1 unspecified atom stereocenters. The fourth-order valence-corrected chi connectivity index (χ4v) is 7.28. The standard InChI is InChI=1S/C44H86NO8P/c1-3-5-7-9-11-13-15-17-18-19-20-21-22-23-25-26-28-30-32-34-36-43(46)50-40-42(41-52-54(48,49)51-39-38-45)53-44(47)37-35-33-31-29-27-24-16-14-12-10-8-6-4-2/h24,27,42H,3-23,25-26,28-41,45H2,1-2H3,(H,48,49)/b27-24+/t42-/m1/s1. The van der Waals surface area contributed by atoms with Crippen molar-refractivity contribution in [2.24, 2.45) is 5.73 Å². The van der Waals surface area contributed by atoms with Gasteiger partial charge >= 0.3 is 19.8 Å². The minimum atomic E-state index is -4.37. The summed E-state index contributed by atoms with van der Waals surface area (Å²) >= 11 is 0. The van der Waals surface area contributed by atoms with E-state index in [9.17, 15) is 19.0 Å². The molecule has 9 nitrogen and oxygen atoms in total. The van der Waals surface area contributed by atoms with Gasteiger partial charge in [-0.3, -0.25) is 18.6 Å². The van der Waals surface area contributed by atoms with Crippen molar-refractivity contribution in [1.29, 1.82) is 0 Å². The molecule has 0 bridgehead atoms. The Hall–Kier alpha value is -1.25. The van der Waals surface area contributed by atoms with E-state index in [0.717, 1.165) is 44.9 Å². The molecule has 0 aromatic heterocycles. The lowest BCUT2D eigenvalue weighted by atomic mass is 10.0. The van der Waals surface area contributed by atoms with Crippen LogP contribution >= 0.6 is 7.82 Å². The Labute approximate surface area is 332 Å². The van der Waals surface area contributed by atoms with Crippen LogP contribution in [-0.2, 0) is 32.7 Å². The van der Waals surface area contributed by atoms with Gasteiger partial charge in [-0.1, -0.05) is 187 Å². The van der Waals surface area contributed by atoms with Crippen molar-refractivity contribution < 1.29 is 37.6 Å². The third-order valence-corrected chi connectivity index (χ3v) is 10.9. The van der Waals surface area contributed by atoms with E-state index >= 15 is 0 Å². The molecule has 0 heterocycles. The number of phosphoric acid groups is 1. The maximum absolute atomic E-state index is 12.6. The van der Waals surface area contributed by atoms with Crippen LogP contribution in [0.4, 0.5) is 0 Å². The lowest BCUT2D eigenvalue weighted by Gasteiger charge is -2.19. The summed E-state index contributed by atoms with van der Waals surface area (Å²) in [6.45, 7) is 3.74. The predicted molar refractivity (Wildman–Crippen MR) is 224 cm³/mol. The molecule has 0 saturated carbocycles. The Morgan fingerprint density at radius 2 is 0.907 bits per heavy atom. The van der Waals surface area contributed by atoms with E-state index in [0.29, 0.717) is 6.42 Å². The van der Waals surface area contributed by atoms with E-state index in [1.807, 2.05) is 0 Å². The van der Waals surface area contributed by atoms with Crippen molar-refractivity contribution in [3.05, 3.63) is 12.2 Å². The van der Waals surface area contributed by atoms with Crippen molar-refractivity contribution in [3.8, 4) is 0 Å². The fourth-order valence-electron chi connectivity index (χ4n) is 6.51. The van der Waals surface area contributed by atoms with Crippen molar-refractivity contribution in [2.45, 2.75) is 232 Å². The Morgan fingerprint density at radius 1 is 0.537 bits per heavy atom. The van der Waals surface area contributed by atoms with Gasteiger partial charge in [0.05, 0.1) is 13.2 Å². The molecule has 0 radical (unpaired) electrons. The highest BCUT2D eigenvalue weighted by Crippen LogP contribution is 2.43. The van der Waals surface area contributed by atoms with Gasteiger partial charge < -0.3 is 20.1 Å². The van der Waals surface area contributed by atoms with E-state index in [1.165, 1.54) is 148 Å². The molecule has 3 N–H and O–H groups in total. The predicted octanol–water partition coefficient (Wildman–Crippen LogP) is 13.0. The SMILES string of the molecule is CCCCCCCC/C=C/CCCCCC(=O)O[C@H](COC(=O)CCCCCCCCCCCCCCCCCCCCCC)COP(=O)(O)OCCN. The van der Waals surface area contributed by atoms with Gasteiger partial charge in [0.1, 0.15) is 6.61 Å². The number of ether oxygens (including phenoxy) is 2. The zero-order valence-electron chi connectivity index (χ0n) is 35.2. The molecule has 0 aliphatic carbocycles. The van der Waals surface area contributed by atoms with E-state index in [4.69, 9.17) is 24.3 Å². The first kappa shape index (κ1) is 52.8. The summed E-state index contributed by atoms with van der Waals surface area (Å²) in [5.41, 5.74) is 5.35. The number of phosphoric ester groups is 1. The molecule has 0 amide bonds. The second-order valence-corrected chi connectivity index (χ2v) is 16.7. The highest BCUT2D eigenvalue weighted by molar-refractivity contribution is 7.47. The van der Waals surface area contributed by atoms with Crippen LogP contribution in [0.1, 0.15) is 226 Å². The molecule has 0 saturated heterocycles. The van der Waals surface area contributed by atoms with Crippen LogP contribution in [0.3, 0.4) is 0 Å². The number of nitrogens with two attached hydrogens (primary N) is 1. The van der Waals surface area contributed by atoms with Gasteiger partial charge in [0.2, 0.25) is 0 Å². The lowest BCUT2D eigenvalue weighted by molar-refractivity contribution is -0.161. The Morgan fingerprint density at radius 3 is 1.33 bits per heavy atom. The van der Waals surface area contributed by atoms with Crippen LogP contribution in [0.5, 0.6) is 0 Å². The Kier molecular flexibility index (Phi) is 40.4. The molecule has 2 atom stereocenters. The lowest BCUT2D eigenvalue weighted by Crippen LogP contribution is -2.29. The number of unbranched alkanes of at least 4 members (excludes halogenated alkanes) is 28. The van der Waals surface area contributed by atoms with E-state index in [2.05, 4.69) is 26.0 Å². The van der Waals surface area contributed by atoms with Crippen LogP contribution in [0, 0.1) is 0 Å². The van der Waals surface area contributed by atoms with Gasteiger partial charge in [-0.2, -0.15) is 0 Å². The normalized spacial score (nSPS) is 13.3. The van der Waals surface area contributed by atoms with Crippen molar-refractivity contribution in [3.63, 3.8) is 0 Å². The van der Waals surface area contributed by atoms with E-state index < -0.39 is 26.5 Å². The molecule has 0 rings (SSSR count). The molecule has 0 spiro atoms. The number of hydrogen-bond acceptors (Lipinski definition) is 8. The van der Waals surface area contributed by atoms with Crippen molar-refractivity contribution in [1.82, 2.24) is 0 Å². The summed E-state index contributed by atoms with van der Waals surface area (Å²) in [5, 5.41) is 0. The molecule has 54 heavy (non-hydrogen) atoms. The topological polar surface area (TPSA) is 134 Å². The summed E-state index contributed by atoms with van der Waals surface area (Å²) in [7, 11) is -4.37. The third kappa shape index (κ3) is 40.4. The minimum absolute atomic E-state index is 0.0539. The zero-order valence-corrected chi connectivity index (χ0v) is 36.1. The van der Waals surface area contributed by atoms with Gasteiger partial charge in [0.15, 0.2) is 6.10 Å². The molecular formula is C44H86NO8P. The zero-order chi connectivity index (χ0) is 39.6. The quantitative estimate of drug-likeness (QED) is 0.0268. The molecular weight excluding hydrogens is 701 g/mol. The smallest absolute Gasteiger partial charge is 0.462 e. The second kappa shape index (κ2) is 41.4. The summed E-state index contributed by atoms with van der Waals surface area (Å²) < 4.78 is 32.8. The third-order valence-electron chi connectivity index (χ3n) is 9.90. The van der Waals surface area contributed by atoms with Crippen molar-refractivity contribution >= 4 is 19.8 Å². The number of rotatable bonds is 43. The number of esters is 2. The number of hydrogen-bond donors (Lipinski definition) is 2. The number of allylic oxidation sites excluding steroid dienone is 2. The van der Waals surface area contributed by atoms with E-state index in [1.54, 1.807) is 0 Å². The first-order valence-corrected chi connectivity index (χ1v) is 24.2. The first-order chi connectivity index (χ1) is 26.3. The maximum Gasteiger partial charge on any atom is 0.472 e. The molecule has 0 aromatic rings. The van der Waals surface area contributed by atoms with Crippen LogP contribution in [0.15, 0.2) is 12.2 Å². The molecule has 320 valence electrons. The van der Waals surface area contributed by atoms with Crippen LogP contribution in [0.2, 0.25) is 0 Å². The average Bonchev–Trinajstić information content (AvgIpc) is 3.16. The highest BCUT2D eigenvalue weighted by Gasteiger charge is 2.26.